The maximum Gasteiger partial charge on any atom is 0.416 e. The number of hydrogen-bond donors (Lipinski definition) is 0. The molecule has 1 aliphatic heterocycles. The maximum atomic E-state index is 12.8. The first-order valence-electron chi connectivity index (χ1n) is 8.36. The first-order chi connectivity index (χ1) is 12.4. The Morgan fingerprint density at radius 2 is 2.04 bits per heavy atom. The second-order valence-corrected chi connectivity index (χ2v) is 6.13. The Balaban J connectivity index is 1.47. The third-order valence-electron chi connectivity index (χ3n) is 4.28. The van der Waals surface area contributed by atoms with Gasteiger partial charge in [0.25, 0.3) is 0 Å². The van der Waals surface area contributed by atoms with Crippen molar-refractivity contribution in [1.29, 1.82) is 0 Å². The lowest BCUT2D eigenvalue weighted by Crippen LogP contribution is -2.42. The zero-order valence-corrected chi connectivity index (χ0v) is 14.0. The van der Waals surface area contributed by atoms with Crippen LogP contribution >= 0.6 is 0 Å². The normalized spacial score (nSPS) is 15.9. The molecule has 0 N–H and O–H groups in total. The molecule has 1 fully saturated rings. The number of amides is 1. The van der Waals surface area contributed by atoms with Crippen molar-refractivity contribution >= 4 is 5.91 Å². The molecule has 0 spiro atoms. The zero-order chi connectivity index (χ0) is 18.6. The molecular formula is C17H19F3N4O2. The van der Waals surface area contributed by atoms with Gasteiger partial charge in [-0.25, -0.2) is 4.98 Å². The fraction of sp³-hybridized carbons (Fsp3) is 0.471. The van der Waals surface area contributed by atoms with Crippen LogP contribution in [0.4, 0.5) is 13.2 Å². The van der Waals surface area contributed by atoms with Crippen LogP contribution < -0.4 is 4.74 Å². The molecule has 26 heavy (non-hydrogen) atoms. The van der Waals surface area contributed by atoms with E-state index in [2.05, 4.69) is 10.1 Å². The minimum atomic E-state index is -4.39. The Labute approximate surface area is 148 Å². The number of aromatic nitrogens is 3. The largest absolute Gasteiger partial charge is 0.490 e. The van der Waals surface area contributed by atoms with Crippen LogP contribution in [0.5, 0.6) is 5.75 Å². The van der Waals surface area contributed by atoms with Gasteiger partial charge in [-0.15, -0.1) is 0 Å². The van der Waals surface area contributed by atoms with E-state index >= 15 is 0 Å². The molecule has 2 heterocycles. The molecule has 6 nitrogen and oxygen atoms in total. The number of halogens is 3. The van der Waals surface area contributed by atoms with E-state index in [0.717, 1.165) is 12.1 Å². The fourth-order valence-electron chi connectivity index (χ4n) is 2.88. The molecule has 140 valence electrons. The third-order valence-corrected chi connectivity index (χ3v) is 4.28. The van der Waals surface area contributed by atoms with Gasteiger partial charge in [0.05, 0.1) is 12.1 Å². The van der Waals surface area contributed by atoms with Crippen molar-refractivity contribution < 1.29 is 22.7 Å². The Morgan fingerprint density at radius 1 is 1.27 bits per heavy atom. The van der Waals surface area contributed by atoms with Crippen LogP contribution in [0, 0.1) is 0 Å². The summed E-state index contributed by atoms with van der Waals surface area (Å²) in [7, 11) is 0. The summed E-state index contributed by atoms with van der Waals surface area (Å²) in [5.41, 5.74) is -0.726. The molecule has 1 aromatic heterocycles. The third kappa shape index (κ3) is 4.74. The Morgan fingerprint density at radius 3 is 2.69 bits per heavy atom. The number of nitrogens with zero attached hydrogens (tertiary/aromatic N) is 4. The summed E-state index contributed by atoms with van der Waals surface area (Å²) in [5, 5.41) is 3.95. The second-order valence-electron chi connectivity index (χ2n) is 6.13. The van der Waals surface area contributed by atoms with E-state index in [4.69, 9.17) is 4.74 Å². The summed E-state index contributed by atoms with van der Waals surface area (Å²) >= 11 is 0. The number of carbonyl (C=O) groups is 1. The summed E-state index contributed by atoms with van der Waals surface area (Å²) < 4.78 is 45.5. The number of piperidine rings is 1. The lowest BCUT2D eigenvalue weighted by atomic mass is 10.1. The average molecular weight is 368 g/mol. The first-order valence-corrected chi connectivity index (χ1v) is 8.36. The smallest absolute Gasteiger partial charge is 0.416 e. The molecule has 1 aromatic carbocycles. The van der Waals surface area contributed by atoms with Gasteiger partial charge >= 0.3 is 6.18 Å². The van der Waals surface area contributed by atoms with E-state index in [1.807, 2.05) is 0 Å². The number of aryl methyl sites for hydroxylation is 1. The summed E-state index contributed by atoms with van der Waals surface area (Å²) in [4.78, 5) is 17.8. The number of alkyl halides is 3. The van der Waals surface area contributed by atoms with Crippen molar-refractivity contribution in [3.05, 3.63) is 42.5 Å². The molecule has 0 saturated carbocycles. The molecule has 9 heteroatoms. The van der Waals surface area contributed by atoms with Crippen molar-refractivity contribution in [2.75, 3.05) is 13.1 Å². The van der Waals surface area contributed by atoms with Crippen molar-refractivity contribution in [2.24, 2.45) is 0 Å². The van der Waals surface area contributed by atoms with Crippen LogP contribution in [0.1, 0.15) is 24.8 Å². The van der Waals surface area contributed by atoms with Crippen LogP contribution in [0.2, 0.25) is 0 Å². The van der Waals surface area contributed by atoms with Gasteiger partial charge in [-0.3, -0.25) is 9.48 Å². The highest BCUT2D eigenvalue weighted by atomic mass is 19.4. The minimum absolute atomic E-state index is 0.0259. The molecule has 0 atom stereocenters. The Hall–Kier alpha value is -2.58. The van der Waals surface area contributed by atoms with E-state index in [9.17, 15) is 18.0 Å². The molecule has 3 rings (SSSR count). The number of likely N-dealkylation sites (tertiary alicyclic amines) is 1. The van der Waals surface area contributed by atoms with Gasteiger partial charge in [0.2, 0.25) is 5.91 Å². The van der Waals surface area contributed by atoms with E-state index in [0.29, 0.717) is 38.9 Å². The lowest BCUT2D eigenvalue weighted by Gasteiger charge is -2.32. The van der Waals surface area contributed by atoms with Crippen LogP contribution in [0.15, 0.2) is 36.9 Å². The monoisotopic (exact) mass is 368 g/mol. The first kappa shape index (κ1) is 18.2. The second kappa shape index (κ2) is 7.76. The number of rotatable bonds is 5. The van der Waals surface area contributed by atoms with Crippen LogP contribution in [-0.4, -0.2) is 44.8 Å². The van der Waals surface area contributed by atoms with Gasteiger partial charge in [0, 0.05) is 32.4 Å². The summed E-state index contributed by atoms with van der Waals surface area (Å²) in [6, 6.07) is 4.88. The molecule has 1 amide bonds. The van der Waals surface area contributed by atoms with Gasteiger partial charge in [-0.2, -0.15) is 18.3 Å². The summed E-state index contributed by atoms with van der Waals surface area (Å²) in [5.74, 6) is 0.230. The van der Waals surface area contributed by atoms with Crippen molar-refractivity contribution in [1.82, 2.24) is 19.7 Å². The molecule has 1 aliphatic rings. The SMILES string of the molecule is O=C(CCn1cncn1)N1CCC(Oc2cccc(C(F)(F)F)c2)CC1. The quantitative estimate of drug-likeness (QED) is 0.814. The van der Waals surface area contributed by atoms with Crippen molar-refractivity contribution in [3.8, 4) is 5.75 Å². The van der Waals surface area contributed by atoms with Gasteiger partial charge in [0.15, 0.2) is 0 Å². The topological polar surface area (TPSA) is 60.2 Å². The summed E-state index contributed by atoms with van der Waals surface area (Å²) in [6.45, 7) is 1.53. The van der Waals surface area contributed by atoms with E-state index < -0.39 is 11.7 Å². The molecule has 2 aromatic rings. The van der Waals surface area contributed by atoms with Gasteiger partial charge in [-0.1, -0.05) is 6.07 Å². The molecular weight excluding hydrogens is 349 g/mol. The maximum absolute atomic E-state index is 12.8. The van der Waals surface area contributed by atoms with Gasteiger partial charge < -0.3 is 9.64 Å². The molecule has 1 saturated heterocycles. The van der Waals surface area contributed by atoms with Crippen LogP contribution in [-0.2, 0) is 17.5 Å². The highest BCUT2D eigenvalue weighted by Crippen LogP contribution is 2.32. The molecule has 0 aliphatic carbocycles. The molecule has 0 radical (unpaired) electrons. The summed E-state index contributed by atoms with van der Waals surface area (Å²) in [6.07, 6.45) is -0.0973. The lowest BCUT2D eigenvalue weighted by molar-refractivity contribution is -0.138. The van der Waals surface area contributed by atoms with E-state index in [1.54, 1.807) is 15.9 Å². The molecule has 0 unspecified atom stereocenters. The Kier molecular flexibility index (Phi) is 5.43. The van der Waals surface area contributed by atoms with E-state index in [-0.39, 0.29) is 17.8 Å². The van der Waals surface area contributed by atoms with Gasteiger partial charge in [-0.05, 0) is 18.2 Å². The number of hydrogen-bond acceptors (Lipinski definition) is 4. The Bertz CT molecular complexity index is 726. The fourth-order valence-corrected chi connectivity index (χ4v) is 2.88. The average Bonchev–Trinajstić information content (AvgIpc) is 3.13. The van der Waals surface area contributed by atoms with Gasteiger partial charge in [0.1, 0.15) is 24.5 Å². The molecule has 0 bridgehead atoms. The highest BCUT2D eigenvalue weighted by Gasteiger charge is 2.31. The van der Waals surface area contributed by atoms with Crippen LogP contribution in [0.25, 0.3) is 0 Å². The standard InChI is InChI=1S/C17H19F3N4O2/c18-17(19,20)13-2-1-3-15(10-13)26-14-4-7-23(8-5-14)16(25)6-9-24-12-21-11-22-24/h1-3,10-12,14H,4-9H2. The van der Waals surface area contributed by atoms with Crippen LogP contribution in [0.3, 0.4) is 0 Å². The predicted molar refractivity (Wildman–Crippen MR) is 86.3 cm³/mol. The number of ether oxygens (including phenoxy) is 1. The number of benzene rings is 1. The number of carbonyl (C=O) groups excluding carboxylic acids is 1. The van der Waals surface area contributed by atoms with Crippen molar-refractivity contribution in [2.45, 2.75) is 38.1 Å². The van der Waals surface area contributed by atoms with Crippen molar-refractivity contribution in [3.63, 3.8) is 0 Å². The highest BCUT2D eigenvalue weighted by molar-refractivity contribution is 5.76. The van der Waals surface area contributed by atoms with E-state index in [1.165, 1.54) is 18.5 Å². The zero-order valence-electron chi connectivity index (χ0n) is 14.0. The minimum Gasteiger partial charge on any atom is -0.490 e. The predicted octanol–water partition coefficient (Wildman–Crippen LogP) is 2.76.